The molecule has 2 bridgehead atoms. The monoisotopic (exact) mass is 307 g/mol. The van der Waals surface area contributed by atoms with Gasteiger partial charge in [0.1, 0.15) is 0 Å². The molecule has 0 aromatic carbocycles. The van der Waals surface area contributed by atoms with Crippen molar-refractivity contribution >= 4 is 6.03 Å². The fourth-order valence-electron chi connectivity index (χ4n) is 3.38. The third-order valence-electron chi connectivity index (χ3n) is 4.72. The number of hydrogen-bond donors (Lipinski definition) is 2. The van der Waals surface area contributed by atoms with E-state index in [-0.39, 0.29) is 24.2 Å². The van der Waals surface area contributed by atoms with E-state index < -0.39 is 0 Å². The molecular formula is C16H25N3O3. The summed E-state index contributed by atoms with van der Waals surface area (Å²) in [7, 11) is 0. The molecule has 3 rings (SSSR count). The molecule has 3 heterocycles. The number of rotatable bonds is 4. The fourth-order valence-corrected chi connectivity index (χ4v) is 3.38. The first-order valence-electron chi connectivity index (χ1n) is 7.99. The summed E-state index contributed by atoms with van der Waals surface area (Å²) < 4.78 is 10.9. The Hall–Kier alpha value is -1.37. The average molecular weight is 307 g/mol. The lowest BCUT2D eigenvalue weighted by Crippen LogP contribution is -2.53. The number of urea groups is 1. The standard InChI is InChI=1S/C16H25N3O3/c1-11(12(2)15-10-21-6-5-17-15)7-18-16(20)19-13-3-4-14(19)9-22-8-13/h13-15,17H,1-10H2,(H,18,20)/t13?,14?,15-/m0/s1. The van der Waals surface area contributed by atoms with E-state index in [9.17, 15) is 4.79 Å². The minimum absolute atomic E-state index is 0.0161. The smallest absolute Gasteiger partial charge is 0.318 e. The summed E-state index contributed by atoms with van der Waals surface area (Å²) >= 11 is 0. The highest BCUT2D eigenvalue weighted by atomic mass is 16.5. The van der Waals surface area contributed by atoms with Crippen molar-refractivity contribution in [3.63, 3.8) is 0 Å². The van der Waals surface area contributed by atoms with Crippen LogP contribution < -0.4 is 10.6 Å². The Bertz CT molecular complexity index is 444. The predicted molar refractivity (Wildman–Crippen MR) is 83.8 cm³/mol. The molecule has 22 heavy (non-hydrogen) atoms. The Kier molecular flexibility index (Phi) is 4.81. The van der Waals surface area contributed by atoms with Gasteiger partial charge in [-0.1, -0.05) is 13.2 Å². The Labute approximate surface area is 131 Å². The van der Waals surface area contributed by atoms with Crippen LogP contribution in [0.3, 0.4) is 0 Å². The van der Waals surface area contributed by atoms with Gasteiger partial charge in [0.25, 0.3) is 0 Å². The normalized spacial score (nSPS) is 30.9. The van der Waals surface area contributed by atoms with Gasteiger partial charge in [-0.05, 0) is 24.0 Å². The zero-order chi connectivity index (χ0) is 15.5. The van der Waals surface area contributed by atoms with Crippen molar-refractivity contribution in [1.82, 2.24) is 15.5 Å². The lowest BCUT2D eigenvalue weighted by Gasteiger charge is -2.34. The van der Waals surface area contributed by atoms with Gasteiger partial charge in [-0.25, -0.2) is 4.79 Å². The van der Waals surface area contributed by atoms with Crippen molar-refractivity contribution < 1.29 is 14.3 Å². The van der Waals surface area contributed by atoms with Gasteiger partial charge < -0.3 is 25.0 Å². The van der Waals surface area contributed by atoms with Gasteiger partial charge in [0.15, 0.2) is 0 Å². The summed E-state index contributed by atoms with van der Waals surface area (Å²) in [6, 6.07) is 0.530. The molecule has 0 aromatic rings. The second kappa shape index (κ2) is 6.81. The molecule has 2 amide bonds. The highest BCUT2D eigenvalue weighted by Crippen LogP contribution is 2.28. The van der Waals surface area contributed by atoms with E-state index >= 15 is 0 Å². The fraction of sp³-hybridized carbons (Fsp3) is 0.688. The van der Waals surface area contributed by atoms with Crippen molar-refractivity contribution in [3.8, 4) is 0 Å². The van der Waals surface area contributed by atoms with Crippen LogP contribution >= 0.6 is 0 Å². The molecule has 0 saturated carbocycles. The number of amides is 2. The van der Waals surface area contributed by atoms with Crippen LogP contribution in [-0.4, -0.2) is 68.6 Å². The van der Waals surface area contributed by atoms with Crippen LogP contribution in [0.4, 0.5) is 4.79 Å². The average Bonchev–Trinajstić information content (AvgIpc) is 2.81. The quantitative estimate of drug-likeness (QED) is 0.749. The van der Waals surface area contributed by atoms with E-state index in [4.69, 9.17) is 9.47 Å². The highest BCUT2D eigenvalue weighted by Gasteiger charge is 2.40. The maximum absolute atomic E-state index is 12.4. The van der Waals surface area contributed by atoms with Crippen LogP contribution in [0.25, 0.3) is 0 Å². The SMILES string of the molecule is C=C(CNC(=O)N1C2CCC1COC2)C(=C)[C@@H]1COCCN1. The summed E-state index contributed by atoms with van der Waals surface area (Å²) in [5.41, 5.74) is 1.75. The number of carbonyl (C=O) groups is 1. The Morgan fingerprint density at radius 2 is 1.91 bits per heavy atom. The van der Waals surface area contributed by atoms with Crippen LogP contribution in [0.5, 0.6) is 0 Å². The van der Waals surface area contributed by atoms with Crippen LogP contribution in [0.2, 0.25) is 0 Å². The molecule has 0 aliphatic carbocycles. The van der Waals surface area contributed by atoms with Gasteiger partial charge in [-0.3, -0.25) is 0 Å². The molecule has 2 unspecified atom stereocenters. The van der Waals surface area contributed by atoms with Crippen LogP contribution in [0, 0.1) is 0 Å². The number of carbonyl (C=O) groups excluding carboxylic acids is 1. The summed E-state index contributed by atoms with van der Waals surface area (Å²) in [5, 5.41) is 6.33. The lowest BCUT2D eigenvalue weighted by molar-refractivity contribution is 0.00656. The molecule has 3 saturated heterocycles. The van der Waals surface area contributed by atoms with E-state index in [1.165, 1.54) is 0 Å². The van der Waals surface area contributed by atoms with Crippen molar-refractivity contribution in [2.45, 2.75) is 31.0 Å². The predicted octanol–water partition coefficient (Wildman–Crippen LogP) is 0.660. The Morgan fingerprint density at radius 1 is 1.18 bits per heavy atom. The van der Waals surface area contributed by atoms with E-state index in [1.54, 1.807) is 0 Å². The molecule has 6 nitrogen and oxygen atoms in total. The molecule has 3 aliphatic rings. The summed E-state index contributed by atoms with van der Waals surface area (Å²) in [6.07, 6.45) is 2.07. The lowest BCUT2D eigenvalue weighted by atomic mass is 10.0. The van der Waals surface area contributed by atoms with E-state index in [0.29, 0.717) is 26.4 Å². The van der Waals surface area contributed by atoms with Crippen LogP contribution in [-0.2, 0) is 9.47 Å². The Balaban J connectivity index is 1.48. The van der Waals surface area contributed by atoms with Crippen molar-refractivity contribution in [2.24, 2.45) is 0 Å². The number of fused-ring (bicyclic) bond motifs is 2. The minimum atomic E-state index is -0.0161. The first kappa shape index (κ1) is 15.5. The molecule has 0 aromatic heterocycles. The summed E-state index contributed by atoms with van der Waals surface area (Å²) in [4.78, 5) is 14.4. The Morgan fingerprint density at radius 3 is 2.55 bits per heavy atom. The molecule has 2 N–H and O–H groups in total. The second-order valence-corrected chi connectivity index (χ2v) is 6.20. The first-order valence-corrected chi connectivity index (χ1v) is 7.99. The molecule has 0 radical (unpaired) electrons. The topological polar surface area (TPSA) is 62.8 Å². The van der Waals surface area contributed by atoms with Crippen molar-refractivity contribution in [1.29, 1.82) is 0 Å². The van der Waals surface area contributed by atoms with Gasteiger partial charge in [-0.2, -0.15) is 0 Å². The van der Waals surface area contributed by atoms with E-state index in [2.05, 4.69) is 23.8 Å². The zero-order valence-corrected chi connectivity index (χ0v) is 13.0. The molecule has 3 aliphatic heterocycles. The molecule has 3 fully saturated rings. The molecule has 122 valence electrons. The second-order valence-electron chi connectivity index (χ2n) is 6.20. The molecule has 0 spiro atoms. The van der Waals surface area contributed by atoms with Crippen molar-refractivity contribution in [3.05, 3.63) is 24.3 Å². The van der Waals surface area contributed by atoms with Gasteiger partial charge in [0, 0.05) is 13.1 Å². The maximum atomic E-state index is 12.4. The number of morpholine rings is 2. The number of nitrogens with zero attached hydrogens (tertiary/aromatic N) is 1. The number of ether oxygens (including phenoxy) is 2. The molecular weight excluding hydrogens is 282 g/mol. The maximum Gasteiger partial charge on any atom is 0.318 e. The summed E-state index contributed by atoms with van der Waals surface area (Å²) in [5.74, 6) is 0. The molecule has 3 atom stereocenters. The third-order valence-corrected chi connectivity index (χ3v) is 4.72. The number of hydrogen-bond acceptors (Lipinski definition) is 4. The zero-order valence-electron chi connectivity index (χ0n) is 13.0. The van der Waals surface area contributed by atoms with Gasteiger partial charge in [0.2, 0.25) is 0 Å². The minimum Gasteiger partial charge on any atom is -0.378 e. The highest BCUT2D eigenvalue weighted by molar-refractivity contribution is 5.76. The van der Waals surface area contributed by atoms with Gasteiger partial charge in [-0.15, -0.1) is 0 Å². The van der Waals surface area contributed by atoms with E-state index in [0.717, 1.165) is 37.1 Å². The van der Waals surface area contributed by atoms with Gasteiger partial charge in [0.05, 0.1) is 44.6 Å². The summed E-state index contributed by atoms with van der Waals surface area (Å²) in [6.45, 7) is 12.0. The number of nitrogens with one attached hydrogen (secondary N) is 2. The molecule has 6 heteroatoms. The van der Waals surface area contributed by atoms with Crippen LogP contribution in [0.15, 0.2) is 24.3 Å². The third kappa shape index (κ3) is 3.19. The van der Waals surface area contributed by atoms with Gasteiger partial charge >= 0.3 is 6.03 Å². The largest absolute Gasteiger partial charge is 0.378 e. The first-order chi connectivity index (χ1) is 10.7. The van der Waals surface area contributed by atoms with Crippen LogP contribution in [0.1, 0.15) is 12.8 Å². The van der Waals surface area contributed by atoms with Crippen molar-refractivity contribution in [2.75, 3.05) is 39.5 Å². The van der Waals surface area contributed by atoms with E-state index in [1.807, 2.05) is 4.90 Å².